The van der Waals surface area contributed by atoms with Crippen LogP contribution in [-0.4, -0.2) is 51.3 Å². The first kappa shape index (κ1) is 17.4. The van der Waals surface area contributed by atoms with Crippen molar-refractivity contribution < 1.29 is 24.2 Å². The Morgan fingerprint density at radius 2 is 2.07 bits per heavy atom. The fraction of sp³-hybridized carbons (Fsp3) is 0.421. The molecule has 1 saturated heterocycles. The van der Waals surface area contributed by atoms with Crippen molar-refractivity contribution in [3.63, 3.8) is 0 Å². The molecule has 8 nitrogen and oxygen atoms in total. The number of carboxylic acid groups (broad SMARTS) is 1. The highest BCUT2D eigenvalue weighted by atomic mass is 16.7. The first-order valence-electron chi connectivity index (χ1n) is 8.91. The van der Waals surface area contributed by atoms with E-state index in [-0.39, 0.29) is 25.2 Å². The Balaban J connectivity index is 1.47. The molecule has 1 N–H and O–H groups in total. The summed E-state index contributed by atoms with van der Waals surface area (Å²) in [7, 11) is 0. The summed E-state index contributed by atoms with van der Waals surface area (Å²) in [6.07, 6.45) is 3.85. The second kappa shape index (κ2) is 6.94. The molecule has 0 radical (unpaired) electrons. The normalized spacial score (nSPS) is 20.9. The first-order chi connectivity index (χ1) is 13.0. The molecule has 4 rings (SSSR count). The Hall–Kier alpha value is -3.03. The summed E-state index contributed by atoms with van der Waals surface area (Å²) in [5.74, 6) is 0.298. The van der Waals surface area contributed by atoms with E-state index in [1.54, 1.807) is 17.2 Å². The molecule has 0 aliphatic carbocycles. The van der Waals surface area contributed by atoms with Crippen LogP contribution in [0.1, 0.15) is 23.7 Å². The van der Waals surface area contributed by atoms with Gasteiger partial charge in [0.25, 0.3) is 0 Å². The molecule has 0 saturated carbocycles. The number of fused-ring (bicyclic) bond motifs is 1. The molecule has 2 aliphatic heterocycles. The van der Waals surface area contributed by atoms with E-state index in [1.807, 2.05) is 29.8 Å². The van der Waals surface area contributed by atoms with E-state index in [0.717, 1.165) is 11.4 Å². The number of hydrogen-bond acceptors (Lipinski definition) is 5. The lowest BCUT2D eigenvalue weighted by Crippen LogP contribution is -2.30. The van der Waals surface area contributed by atoms with Crippen molar-refractivity contribution in [1.82, 2.24) is 14.5 Å². The molecule has 1 aromatic heterocycles. The fourth-order valence-corrected chi connectivity index (χ4v) is 3.75. The third kappa shape index (κ3) is 3.34. The molecular weight excluding hydrogens is 350 g/mol. The zero-order chi connectivity index (χ0) is 19.0. The number of carbonyl (C=O) groups is 2. The Labute approximate surface area is 156 Å². The lowest BCUT2D eigenvalue weighted by molar-refractivity contribution is -0.141. The van der Waals surface area contributed by atoms with Crippen molar-refractivity contribution in [3.05, 3.63) is 42.0 Å². The van der Waals surface area contributed by atoms with E-state index in [1.165, 1.54) is 0 Å². The number of carboxylic acids is 1. The minimum atomic E-state index is -0.890. The Kier molecular flexibility index (Phi) is 4.47. The summed E-state index contributed by atoms with van der Waals surface area (Å²) in [5.41, 5.74) is 0.854. The van der Waals surface area contributed by atoms with E-state index in [2.05, 4.69) is 4.98 Å². The van der Waals surface area contributed by atoms with Crippen molar-refractivity contribution in [2.24, 2.45) is 5.92 Å². The second-order valence-electron chi connectivity index (χ2n) is 6.88. The van der Waals surface area contributed by atoms with Crippen LogP contribution >= 0.6 is 0 Å². The maximum absolute atomic E-state index is 12.6. The number of amides is 1. The van der Waals surface area contributed by atoms with Gasteiger partial charge in [0.15, 0.2) is 11.5 Å². The van der Waals surface area contributed by atoms with E-state index in [9.17, 15) is 14.7 Å². The van der Waals surface area contributed by atoms with Gasteiger partial charge in [-0.25, -0.2) is 4.98 Å². The molecule has 0 spiro atoms. The highest BCUT2D eigenvalue weighted by Gasteiger charge is 2.40. The van der Waals surface area contributed by atoms with Gasteiger partial charge in [-0.2, -0.15) is 0 Å². The number of aliphatic carboxylic acids is 1. The van der Waals surface area contributed by atoms with Crippen molar-refractivity contribution in [1.29, 1.82) is 0 Å². The Bertz CT molecular complexity index is 878. The van der Waals surface area contributed by atoms with E-state index >= 15 is 0 Å². The van der Waals surface area contributed by atoms with Gasteiger partial charge in [-0.05, 0) is 24.6 Å². The summed E-state index contributed by atoms with van der Waals surface area (Å²) < 4.78 is 12.6. The molecule has 8 heteroatoms. The highest BCUT2D eigenvalue weighted by Crippen LogP contribution is 2.39. The number of rotatable bonds is 5. The maximum Gasteiger partial charge on any atom is 0.308 e. The Morgan fingerprint density at radius 3 is 2.81 bits per heavy atom. The second-order valence-corrected chi connectivity index (χ2v) is 6.88. The van der Waals surface area contributed by atoms with Crippen molar-refractivity contribution in [2.75, 3.05) is 19.9 Å². The van der Waals surface area contributed by atoms with E-state index < -0.39 is 11.9 Å². The molecule has 142 valence electrons. The van der Waals surface area contributed by atoms with Gasteiger partial charge in [-0.3, -0.25) is 9.59 Å². The minimum absolute atomic E-state index is 0.0439. The molecule has 27 heavy (non-hydrogen) atoms. The summed E-state index contributed by atoms with van der Waals surface area (Å²) in [6, 6.07) is 5.48. The van der Waals surface area contributed by atoms with Gasteiger partial charge in [-0.15, -0.1) is 0 Å². The zero-order valence-electron chi connectivity index (χ0n) is 15.0. The minimum Gasteiger partial charge on any atom is -0.481 e. The Morgan fingerprint density at radius 1 is 1.26 bits per heavy atom. The molecule has 2 atom stereocenters. The van der Waals surface area contributed by atoms with Crippen molar-refractivity contribution in [2.45, 2.75) is 25.8 Å². The number of hydrogen-bond donors (Lipinski definition) is 1. The molecular formula is C19H21N3O5. The molecule has 1 fully saturated rings. The third-order valence-electron chi connectivity index (χ3n) is 5.30. The molecule has 1 amide bonds. The van der Waals surface area contributed by atoms with E-state index in [0.29, 0.717) is 31.0 Å². The van der Waals surface area contributed by atoms with E-state index in [4.69, 9.17) is 9.47 Å². The topological polar surface area (TPSA) is 93.9 Å². The van der Waals surface area contributed by atoms with Crippen molar-refractivity contribution >= 4 is 11.9 Å². The quantitative estimate of drug-likeness (QED) is 0.859. The van der Waals surface area contributed by atoms with Crippen LogP contribution in [0.5, 0.6) is 11.5 Å². The molecule has 3 heterocycles. The average molecular weight is 371 g/mol. The SMILES string of the molecule is Cc1nccn1CCC(=O)N1C[C@@H](C(=O)O)[C@H](c2ccc3c(c2)OCO3)C1. The lowest BCUT2D eigenvalue weighted by Gasteiger charge is -2.17. The average Bonchev–Trinajstić information content (AvgIpc) is 3.38. The van der Waals surface area contributed by atoms with Crippen LogP contribution in [-0.2, 0) is 16.1 Å². The number of likely N-dealkylation sites (tertiary alicyclic amines) is 1. The number of aryl methyl sites for hydroxylation is 2. The zero-order valence-corrected chi connectivity index (χ0v) is 15.0. The van der Waals surface area contributed by atoms with Crippen LogP contribution in [0.3, 0.4) is 0 Å². The smallest absolute Gasteiger partial charge is 0.308 e. The number of benzene rings is 1. The largest absolute Gasteiger partial charge is 0.481 e. The van der Waals surface area contributed by atoms with Gasteiger partial charge < -0.3 is 24.0 Å². The molecule has 0 unspecified atom stereocenters. The van der Waals surface area contributed by atoms with Gasteiger partial charge in [-0.1, -0.05) is 6.07 Å². The van der Waals surface area contributed by atoms with Crippen LogP contribution in [0.4, 0.5) is 0 Å². The van der Waals surface area contributed by atoms with Crippen molar-refractivity contribution in [3.8, 4) is 11.5 Å². The fourth-order valence-electron chi connectivity index (χ4n) is 3.75. The number of ether oxygens (including phenoxy) is 2. The first-order valence-corrected chi connectivity index (χ1v) is 8.91. The van der Waals surface area contributed by atoms with Gasteiger partial charge in [0, 0.05) is 44.4 Å². The number of imidazole rings is 1. The summed E-state index contributed by atoms with van der Waals surface area (Å²) in [6.45, 7) is 3.20. The maximum atomic E-state index is 12.6. The van der Waals surface area contributed by atoms with Crippen LogP contribution in [0.2, 0.25) is 0 Å². The monoisotopic (exact) mass is 371 g/mol. The van der Waals surface area contributed by atoms with Gasteiger partial charge in [0.05, 0.1) is 5.92 Å². The van der Waals surface area contributed by atoms with Crippen LogP contribution in [0, 0.1) is 12.8 Å². The standard InChI is InChI=1S/C19H21N3O5/c1-12-20-5-7-21(12)6-4-18(23)22-9-14(15(10-22)19(24)25)13-2-3-16-17(8-13)27-11-26-16/h2-3,5,7-8,14-15H,4,6,9-11H2,1H3,(H,24,25)/t14-,15+/m0/s1. The lowest BCUT2D eigenvalue weighted by atomic mass is 9.89. The molecule has 2 aromatic rings. The predicted octanol–water partition coefficient (Wildman–Crippen LogP) is 1.64. The number of carbonyl (C=O) groups excluding carboxylic acids is 1. The molecule has 0 bridgehead atoms. The number of nitrogens with zero attached hydrogens (tertiary/aromatic N) is 3. The predicted molar refractivity (Wildman–Crippen MR) is 94.6 cm³/mol. The van der Waals surface area contributed by atoms with Crippen LogP contribution in [0.15, 0.2) is 30.6 Å². The molecule has 2 aliphatic rings. The third-order valence-corrected chi connectivity index (χ3v) is 5.30. The summed E-state index contributed by atoms with van der Waals surface area (Å²) in [5, 5.41) is 9.65. The van der Waals surface area contributed by atoms with Gasteiger partial charge in [0.1, 0.15) is 5.82 Å². The summed E-state index contributed by atoms with van der Waals surface area (Å²) in [4.78, 5) is 30.2. The molecule has 1 aromatic carbocycles. The highest BCUT2D eigenvalue weighted by molar-refractivity contribution is 5.79. The summed E-state index contributed by atoms with van der Waals surface area (Å²) >= 11 is 0. The van der Waals surface area contributed by atoms with Gasteiger partial charge >= 0.3 is 5.97 Å². The number of aromatic nitrogens is 2. The van der Waals surface area contributed by atoms with Crippen LogP contribution < -0.4 is 9.47 Å². The van der Waals surface area contributed by atoms with Crippen LogP contribution in [0.25, 0.3) is 0 Å². The van der Waals surface area contributed by atoms with Gasteiger partial charge in [0.2, 0.25) is 12.7 Å².